The molecule has 2 heterocycles. The Morgan fingerprint density at radius 2 is 1.90 bits per heavy atom. The molecule has 2 aliphatic rings. The second-order valence-electron chi connectivity index (χ2n) is 9.83. The third kappa shape index (κ3) is 3.81. The van der Waals surface area contributed by atoms with Gasteiger partial charge in [0.15, 0.2) is 5.75 Å². The normalized spacial score (nSPS) is 18.5. The molecule has 31 heavy (non-hydrogen) atoms. The molecule has 2 aromatic carbocycles. The number of hydrogen-bond acceptors (Lipinski definition) is 5. The molecule has 5 heteroatoms. The van der Waals surface area contributed by atoms with Crippen molar-refractivity contribution in [3.05, 3.63) is 41.5 Å². The number of hydrogen-bond donors (Lipinski definition) is 0. The van der Waals surface area contributed by atoms with Crippen LogP contribution in [0.5, 0.6) is 5.75 Å². The SMILES string of the molecule is Cc1c(C#N)c2c(c(N3CC[C@H](N(C)C)C3)c1-c1ccccc1)OCC(C(C)(C)C)=N2. The molecule has 5 nitrogen and oxygen atoms in total. The smallest absolute Gasteiger partial charge is 0.170 e. The second kappa shape index (κ2) is 8.01. The summed E-state index contributed by atoms with van der Waals surface area (Å²) in [6, 6.07) is 13.3. The fourth-order valence-electron chi connectivity index (χ4n) is 4.52. The van der Waals surface area contributed by atoms with Crippen LogP contribution in [0.3, 0.4) is 0 Å². The number of nitriles is 1. The van der Waals surface area contributed by atoms with Gasteiger partial charge in [-0.3, -0.25) is 0 Å². The molecule has 0 aromatic heterocycles. The molecule has 1 atom stereocenters. The van der Waals surface area contributed by atoms with Gasteiger partial charge in [0.05, 0.1) is 17.0 Å². The fourth-order valence-corrected chi connectivity index (χ4v) is 4.52. The Labute approximate surface area is 186 Å². The molecule has 0 aliphatic carbocycles. The third-order valence-electron chi connectivity index (χ3n) is 6.50. The van der Waals surface area contributed by atoms with E-state index in [1.165, 1.54) is 0 Å². The monoisotopic (exact) mass is 416 g/mol. The largest absolute Gasteiger partial charge is 0.483 e. The van der Waals surface area contributed by atoms with Gasteiger partial charge in [0.1, 0.15) is 18.4 Å². The lowest BCUT2D eigenvalue weighted by molar-refractivity contribution is 0.315. The van der Waals surface area contributed by atoms with Crippen LogP contribution >= 0.6 is 0 Å². The number of likely N-dealkylation sites (N-methyl/N-ethyl adjacent to an activating group) is 1. The topological polar surface area (TPSA) is 51.9 Å². The van der Waals surface area contributed by atoms with Crippen molar-refractivity contribution in [2.24, 2.45) is 10.4 Å². The Balaban J connectivity index is 1.99. The third-order valence-corrected chi connectivity index (χ3v) is 6.50. The summed E-state index contributed by atoms with van der Waals surface area (Å²) in [6.07, 6.45) is 1.10. The number of nitrogens with zero attached hydrogens (tertiary/aromatic N) is 4. The van der Waals surface area contributed by atoms with Crippen LogP contribution in [-0.4, -0.2) is 50.4 Å². The van der Waals surface area contributed by atoms with Crippen LogP contribution in [0.1, 0.15) is 38.3 Å². The lowest BCUT2D eigenvalue weighted by Gasteiger charge is -2.33. The van der Waals surface area contributed by atoms with Gasteiger partial charge in [0, 0.05) is 30.1 Å². The minimum absolute atomic E-state index is 0.111. The van der Waals surface area contributed by atoms with Crippen LogP contribution in [0.25, 0.3) is 11.1 Å². The molecule has 0 N–H and O–H groups in total. The molecule has 0 unspecified atom stereocenters. The first kappa shape index (κ1) is 21.4. The Morgan fingerprint density at radius 3 is 2.48 bits per heavy atom. The predicted molar refractivity (Wildman–Crippen MR) is 128 cm³/mol. The standard InChI is InChI=1S/C26H32N4O/c1-17-20(14-27)23-25(31-16-21(28-23)26(2,3)4)24(22(17)18-10-8-7-9-11-18)30-13-12-19(15-30)29(5)6/h7-11,19H,12-13,15-16H2,1-6H3/t19-/m0/s1. The van der Waals surface area contributed by atoms with Gasteiger partial charge in [-0.2, -0.15) is 5.26 Å². The summed E-state index contributed by atoms with van der Waals surface area (Å²) < 4.78 is 6.42. The highest BCUT2D eigenvalue weighted by Gasteiger charge is 2.35. The van der Waals surface area contributed by atoms with Crippen molar-refractivity contribution in [2.75, 3.05) is 38.7 Å². The number of fused-ring (bicyclic) bond motifs is 1. The number of rotatable bonds is 3. The van der Waals surface area contributed by atoms with Gasteiger partial charge < -0.3 is 14.5 Å². The van der Waals surface area contributed by atoms with Gasteiger partial charge in [-0.1, -0.05) is 51.1 Å². The molecule has 0 amide bonds. The summed E-state index contributed by atoms with van der Waals surface area (Å²) in [5.74, 6) is 0.758. The van der Waals surface area contributed by atoms with Crippen LogP contribution < -0.4 is 9.64 Å². The number of benzene rings is 2. The van der Waals surface area contributed by atoms with E-state index < -0.39 is 0 Å². The van der Waals surface area contributed by atoms with Crippen LogP contribution in [-0.2, 0) is 0 Å². The maximum Gasteiger partial charge on any atom is 0.170 e. The summed E-state index contributed by atoms with van der Waals surface area (Å²) in [6.45, 7) is 10.8. The van der Waals surface area contributed by atoms with Gasteiger partial charge >= 0.3 is 0 Å². The van der Waals surface area contributed by atoms with E-state index in [0.29, 0.717) is 23.9 Å². The lowest BCUT2D eigenvalue weighted by Crippen LogP contribution is -2.33. The van der Waals surface area contributed by atoms with Crippen molar-refractivity contribution in [1.82, 2.24) is 4.90 Å². The molecule has 0 spiro atoms. The Kier molecular flexibility index (Phi) is 5.53. The maximum atomic E-state index is 10.1. The average molecular weight is 417 g/mol. The summed E-state index contributed by atoms with van der Waals surface area (Å²) >= 11 is 0. The molecule has 0 saturated carbocycles. The van der Waals surface area contributed by atoms with Crippen molar-refractivity contribution < 1.29 is 4.74 Å². The Hall–Kier alpha value is -2.84. The van der Waals surface area contributed by atoms with E-state index in [0.717, 1.165) is 53.3 Å². The van der Waals surface area contributed by atoms with Gasteiger partial charge in [-0.15, -0.1) is 0 Å². The zero-order valence-corrected chi connectivity index (χ0v) is 19.5. The number of aliphatic imine (C=N–C) groups is 1. The number of ether oxygens (including phenoxy) is 1. The second-order valence-corrected chi connectivity index (χ2v) is 9.83. The quantitative estimate of drug-likeness (QED) is 0.691. The first-order chi connectivity index (χ1) is 14.7. The van der Waals surface area contributed by atoms with E-state index in [2.05, 4.69) is 62.9 Å². The Morgan fingerprint density at radius 1 is 1.19 bits per heavy atom. The summed E-state index contributed by atoms with van der Waals surface area (Å²) in [5.41, 5.74) is 6.42. The highest BCUT2D eigenvalue weighted by atomic mass is 16.5. The van der Waals surface area contributed by atoms with E-state index in [1.54, 1.807) is 0 Å². The molecule has 0 bridgehead atoms. The fraction of sp³-hybridized carbons (Fsp3) is 0.462. The summed E-state index contributed by atoms with van der Waals surface area (Å²) in [4.78, 5) is 9.72. The van der Waals surface area contributed by atoms with Gasteiger partial charge in [0.25, 0.3) is 0 Å². The molecular weight excluding hydrogens is 384 g/mol. The molecule has 2 aliphatic heterocycles. The van der Waals surface area contributed by atoms with Gasteiger partial charge in [-0.05, 0) is 38.6 Å². The highest BCUT2D eigenvalue weighted by Crippen LogP contribution is 2.52. The first-order valence-electron chi connectivity index (χ1n) is 11.0. The van der Waals surface area contributed by atoms with Crippen molar-refractivity contribution in [1.29, 1.82) is 5.26 Å². The molecule has 4 rings (SSSR count). The molecule has 0 radical (unpaired) electrons. The van der Waals surface area contributed by atoms with E-state index in [1.807, 2.05) is 25.1 Å². The average Bonchev–Trinajstić information content (AvgIpc) is 3.22. The van der Waals surface area contributed by atoms with Crippen LogP contribution in [0.2, 0.25) is 0 Å². The lowest BCUT2D eigenvalue weighted by atomic mass is 9.88. The molecular formula is C26H32N4O. The van der Waals surface area contributed by atoms with Crippen molar-refractivity contribution in [3.8, 4) is 22.9 Å². The molecule has 1 fully saturated rings. The summed E-state index contributed by atoms with van der Waals surface area (Å²) in [7, 11) is 4.28. The predicted octanol–water partition coefficient (Wildman–Crippen LogP) is 5.19. The van der Waals surface area contributed by atoms with E-state index in [9.17, 15) is 5.26 Å². The van der Waals surface area contributed by atoms with Gasteiger partial charge in [-0.25, -0.2) is 4.99 Å². The molecule has 162 valence electrons. The van der Waals surface area contributed by atoms with Crippen molar-refractivity contribution >= 4 is 17.1 Å². The van der Waals surface area contributed by atoms with Crippen LogP contribution in [0, 0.1) is 23.7 Å². The first-order valence-corrected chi connectivity index (χ1v) is 11.0. The minimum Gasteiger partial charge on any atom is -0.483 e. The van der Waals surface area contributed by atoms with Crippen LogP contribution in [0.15, 0.2) is 35.3 Å². The highest BCUT2D eigenvalue weighted by molar-refractivity contribution is 6.00. The zero-order chi connectivity index (χ0) is 22.3. The molecule has 1 saturated heterocycles. The van der Waals surface area contributed by atoms with Crippen molar-refractivity contribution in [2.45, 2.75) is 40.2 Å². The van der Waals surface area contributed by atoms with E-state index in [-0.39, 0.29) is 5.41 Å². The zero-order valence-electron chi connectivity index (χ0n) is 19.5. The van der Waals surface area contributed by atoms with E-state index >= 15 is 0 Å². The molecule has 2 aromatic rings. The number of anilines is 1. The van der Waals surface area contributed by atoms with Crippen molar-refractivity contribution in [3.63, 3.8) is 0 Å². The maximum absolute atomic E-state index is 10.1. The minimum atomic E-state index is -0.111. The Bertz CT molecular complexity index is 1060. The van der Waals surface area contributed by atoms with Crippen LogP contribution in [0.4, 0.5) is 11.4 Å². The van der Waals surface area contributed by atoms with Gasteiger partial charge in [0.2, 0.25) is 0 Å². The van der Waals surface area contributed by atoms with E-state index in [4.69, 9.17) is 9.73 Å². The summed E-state index contributed by atoms with van der Waals surface area (Å²) in [5, 5.41) is 10.1.